The Balaban J connectivity index is 1.81. The summed E-state index contributed by atoms with van der Waals surface area (Å²) in [5, 5.41) is 1.06. The molecule has 1 aliphatic carbocycles. The summed E-state index contributed by atoms with van der Waals surface area (Å²) in [6.45, 7) is 3.78. The number of allylic oxidation sites excluding steroid dienone is 1. The van der Waals surface area contributed by atoms with Crippen molar-refractivity contribution in [1.29, 1.82) is 0 Å². The number of hydrogen-bond acceptors (Lipinski definition) is 4. The molecular formula is C18H19NO3. The van der Waals surface area contributed by atoms with Gasteiger partial charge in [-0.05, 0) is 43.0 Å². The van der Waals surface area contributed by atoms with Gasteiger partial charge >= 0.3 is 5.97 Å². The molecule has 0 amide bonds. The Hall–Kier alpha value is -2.36. The van der Waals surface area contributed by atoms with Crippen LogP contribution in [-0.2, 0) is 16.0 Å². The minimum atomic E-state index is -0.150. The SMILES string of the molecule is C=CCc1cc(O[C@H]2C[C@H](C(=O)OC)C2)c2ncccc2c1. The molecule has 3 rings (SSSR count). The maximum Gasteiger partial charge on any atom is 0.308 e. The second kappa shape index (κ2) is 6.18. The minimum Gasteiger partial charge on any atom is -0.488 e. The van der Waals surface area contributed by atoms with Crippen LogP contribution in [0, 0.1) is 5.92 Å². The van der Waals surface area contributed by atoms with Gasteiger partial charge < -0.3 is 9.47 Å². The third kappa shape index (κ3) is 2.82. The predicted molar refractivity (Wildman–Crippen MR) is 84.8 cm³/mol. The van der Waals surface area contributed by atoms with Crippen LogP contribution in [0.25, 0.3) is 10.9 Å². The van der Waals surface area contributed by atoms with Crippen LogP contribution in [0.5, 0.6) is 5.75 Å². The van der Waals surface area contributed by atoms with Gasteiger partial charge in [0.25, 0.3) is 0 Å². The van der Waals surface area contributed by atoms with E-state index in [1.807, 2.05) is 24.3 Å². The highest BCUT2D eigenvalue weighted by molar-refractivity contribution is 5.85. The van der Waals surface area contributed by atoms with E-state index in [1.165, 1.54) is 7.11 Å². The molecule has 1 aliphatic rings. The summed E-state index contributed by atoms with van der Waals surface area (Å²) < 4.78 is 10.8. The number of esters is 1. The first-order chi connectivity index (χ1) is 10.7. The van der Waals surface area contributed by atoms with E-state index in [0.717, 1.165) is 28.6 Å². The molecule has 0 N–H and O–H groups in total. The summed E-state index contributed by atoms with van der Waals surface area (Å²) in [6, 6.07) is 8.07. The normalized spacial score (nSPS) is 20.2. The number of fused-ring (bicyclic) bond motifs is 1. The summed E-state index contributed by atoms with van der Waals surface area (Å²) in [5.74, 6) is 0.595. The Morgan fingerprint density at radius 2 is 2.27 bits per heavy atom. The fraction of sp³-hybridized carbons (Fsp3) is 0.333. The monoisotopic (exact) mass is 297 g/mol. The van der Waals surface area contributed by atoms with Gasteiger partial charge in [0, 0.05) is 11.6 Å². The van der Waals surface area contributed by atoms with Crippen LogP contribution in [0.1, 0.15) is 18.4 Å². The Labute approximate surface area is 129 Å². The second-order valence-electron chi connectivity index (χ2n) is 5.59. The molecule has 4 heteroatoms. The summed E-state index contributed by atoms with van der Waals surface area (Å²) in [5.41, 5.74) is 2.01. The van der Waals surface area contributed by atoms with Crippen LogP contribution >= 0.6 is 0 Å². The Morgan fingerprint density at radius 1 is 1.45 bits per heavy atom. The molecule has 1 saturated carbocycles. The van der Waals surface area contributed by atoms with Crippen LogP contribution in [-0.4, -0.2) is 24.2 Å². The van der Waals surface area contributed by atoms with E-state index >= 15 is 0 Å². The zero-order valence-corrected chi connectivity index (χ0v) is 12.6. The molecule has 0 aliphatic heterocycles. The molecule has 1 fully saturated rings. The molecule has 0 atom stereocenters. The number of ether oxygens (including phenoxy) is 2. The van der Waals surface area contributed by atoms with Crippen LogP contribution in [0.2, 0.25) is 0 Å². The molecule has 1 aromatic heterocycles. The van der Waals surface area contributed by atoms with E-state index in [-0.39, 0.29) is 18.0 Å². The zero-order chi connectivity index (χ0) is 15.5. The summed E-state index contributed by atoms with van der Waals surface area (Å²) in [4.78, 5) is 15.9. The number of carbonyl (C=O) groups is 1. The molecule has 0 unspecified atom stereocenters. The lowest BCUT2D eigenvalue weighted by Crippen LogP contribution is -2.38. The first-order valence-corrected chi connectivity index (χ1v) is 7.44. The Morgan fingerprint density at radius 3 is 3.00 bits per heavy atom. The number of pyridine rings is 1. The highest BCUT2D eigenvalue weighted by Crippen LogP contribution is 2.35. The van der Waals surface area contributed by atoms with Crippen LogP contribution in [0.15, 0.2) is 43.1 Å². The lowest BCUT2D eigenvalue weighted by Gasteiger charge is -2.33. The molecule has 0 saturated heterocycles. The Kier molecular flexibility index (Phi) is 4.09. The molecule has 1 aromatic carbocycles. The first kappa shape index (κ1) is 14.6. The van der Waals surface area contributed by atoms with Gasteiger partial charge in [0.05, 0.1) is 13.0 Å². The van der Waals surface area contributed by atoms with Crippen molar-refractivity contribution in [2.75, 3.05) is 7.11 Å². The fourth-order valence-electron chi connectivity index (χ4n) is 2.79. The van der Waals surface area contributed by atoms with Crippen molar-refractivity contribution < 1.29 is 14.3 Å². The fourth-order valence-corrected chi connectivity index (χ4v) is 2.79. The number of hydrogen-bond donors (Lipinski definition) is 0. The molecule has 0 spiro atoms. The third-order valence-electron chi connectivity index (χ3n) is 4.03. The third-order valence-corrected chi connectivity index (χ3v) is 4.03. The van der Waals surface area contributed by atoms with Crippen molar-refractivity contribution >= 4 is 16.9 Å². The van der Waals surface area contributed by atoms with Gasteiger partial charge in [0.1, 0.15) is 17.4 Å². The highest BCUT2D eigenvalue weighted by Gasteiger charge is 2.37. The number of benzene rings is 1. The first-order valence-electron chi connectivity index (χ1n) is 7.44. The maximum atomic E-state index is 11.4. The smallest absolute Gasteiger partial charge is 0.308 e. The zero-order valence-electron chi connectivity index (χ0n) is 12.6. The number of nitrogens with zero attached hydrogens (tertiary/aromatic N) is 1. The molecule has 0 bridgehead atoms. The van der Waals surface area contributed by atoms with Crippen LogP contribution < -0.4 is 4.74 Å². The molecule has 0 radical (unpaired) electrons. The van der Waals surface area contributed by atoms with Gasteiger partial charge in [-0.15, -0.1) is 6.58 Å². The van der Waals surface area contributed by atoms with Crippen molar-refractivity contribution in [2.45, 2.75) is 25.4 Å². The van der Waals surface area contributed by atoms with E-state index in [2.05, 4.69) is 17.6 Å². The van der Waals surface area contributed by atoms with E-state index in [9.17, 15) is 4.79 Å². The van der Waals surface area contributed by atoms with Crippen LogP contribution in [0.3, 0.4) is 0 Å². The largest absolute Gasteiger partial charge is 0.488 e. The van der Waals surface area contributed by atoms with E-state index in [4.69, 9.17) is 9.47 Å². The van der Waals surface area contributed by atoms with Crippen molar-refractivity contribution in [3.63, 3.8) is 0 Å². The summed E-state index contributed by atoms with van der Waals surface area (Å²) in [6.07, 6.45) is 5.88. The molecule has 1 heterocycles. The van der Waals surface area contributed by atoms with Gasteiger partial charge in [-0.2, -0.15) is 0 Å². The highest BCUT2D eigenvalue weighted by atomic mass is 16.5. The number of aromatic nitrogens is 1. The van der Waals surface area contributed by atoms with E-state index in [1.54, 1.807) is 6.20 Å². The van der Waals surface area contributed by atoms with Crippen LogP contribution in [0.4, 0.5) is 0 Å². The van der Waals surface area contributed by atoms with Gasteiger partial charge in [0.2, 0.25) is 0 Å². The average molecular weight is 297 g/mol. The molecule has 4 nitrogen and oxygen atoms in total. The molecule has 2 aromatic rings. The standard InChI is InChI=1S/C18H19NO3/c1-3-5-12-8-13-6-4-7-19-17(13)16(9-12)22-15-10-14(11-15)18(20)21-2/h3-4,6-9,14-15H,1,5,10-11H2,2H3/t14-,15-. The van der Waals surface area contributed by atoms with Crippen molar-refractivity contribution in [3.8, 4) is 5.75 Å². The molecular weight excluding hydrogens is 278 g/mol. The van der Waals surface area contributed by atoms with Gasteiger partial charge in [0.15, 0.2) is 0 Å². The second-order valence-corrected chi connectivity index (χ2v) is 5.59. The summed E-state index contributed by atoms with van der Waals surface area (Å²) >= 11 is 0. The van der Waals surface area contributed by atoms with Gasteiger partial charge in [-0.25, -0.2) is 0 Å². The number of methoxy groups -OCH3 is 1. The summed E-state index contributed by atoms with van der Waals surface area (Å²) in [7, 11) is 1.42. The van der Waals surface area contributed by atoms with Gasteiger partial charge in [-0.3, -0.25) is 9.78 Å². The molecule has 114 valence electrons. The number of rotatable bonds is 5. The van der Waals surface area contributed by atoms with Gasteiger partial charge in [-0.1, -0.05) is 12.1 Å². The van der Waals surface area contributed by atoms with Crippen molar-refractivity contribution in [3.05, 3.63) is 48.7 Å². The topological polar surface area (TPSA) is 48.4 Å². The van der Waals surface area contributed by atoms with E-state index < -0.39 is 0 Å². The van der Waals surface area contributed by atoms with Crippen molar-refractivity contribution in [1.82, 2.24) is 4.98 Å². The lowest BCUT2D eigenvalue weighted by molar-refractivity contribution is -0.151. The maximum absolute atomic E-state index is 11.4. The molecule has 22 heavy (non-hydrogen) atoms. The Bertz CT molecular complexity index is 705. The predicted octanol–water partition coefficient (Wildman–Crippen LogP) is 3.29. The van der Waals surface area contributed by atoms with Crippen molar-refractivity contribution in [2.24, 2.45) is 5.92 Å². The minimum absolute atomic E-state index is 0.0365. The number of carbonyl (C=O) groups excluding carboxylic acids is 1. The van der Waals surface area contributed by atoms with E-state index in [0.29, 0.717) is 12.8 Å². The average Bonchev–Trinajstić information content (AvgIpc) is 2.50. The lowest BCUT2D eigenvalue weighted by atomic mass is 9.82. The quantitative estimate of drug-likeness (QED) is 0.627.